The lowest BCUT2D eigenvalue weighted by Gasteiger charge is -2.17. The average Bonchev–Trinajstić information content (AvgIpc) is 3.34. The highest BCUT2D eigenvalue weighted by atomic mass is 35.5. The number of carbonyl (C=O) groups excluding carboxylic acids is 1. The maximum Gasteiger partial charge on any atom is 0.228 e. The first-order valence-electron chi connectivity index (χ1n) is 10.2. The van der Waals surface area contributed by atoms with Crippen LogP contribution < -0.4 is 20.1 Å². The molecule has 4 aromatic rings. The number of halogens is 1. The number of phenols is 1. The van der Waals surface area contributed by atoms with Crippen molar-refractivity contribution < 1.29 is 23.8 Å². The fourth-order valence-electron chi connectivity index (χ4n) is 3.62. The summed E-state index contributed by atoms with van der Waals surface area (Å²) in [5.74, 6) is 1.48. The Morgan fingerprint density at radius 3 is 2.36 bits per heavy atom. The number of nitrogens with one attached hydrogen (secondary N) is 2. The molecule has 3 N–H and O–H groups in total. The molecule has 8 heteroatoms. The highest BCUT2D eigenvalue weighted by Gasteiger charge is 2.18. The summed E-state index contributed by atoms with van der Waals surface area (Å²) in [6, 6.07) is 15.7. The molecular formula is C25H23ClN2O5. The number of ether oxygens (including phenoxy) is 2. The molecule has 0 saturated carbocycles. The molecule has 0 spiro atoms. The summed E-state index contributed by atoms with van der Waals surface area (Å²) in [5.41, 5.74) is 1.76. The molecule has 3 aromatic carbocycles. The number of furan rings is 1. The smallest absolute Gasteiger partial charge is 0.228 e. The van der Waals surface area contributed by atoms with Crippen LogP contribution in [-0.2, 0) is 17.8 Å². The average molecular weight is 467 g/mol. The minimum absolute atomic E-state index is 0.0112. The number of amides is 1. The van der Waals surface area contributed by atoms with E-state index in [1.165, 1.54) is 7.11 Å². The first-order chi connectivity index (χ1) is 16.0. The van der Waals surface area contributed by atoms with Crippen LogP contribution in [0.3, 0.4) is 0 Å². The zero-order chi connectivity index (χ0) is 23.4. The second-order valence-corrected chi connectivity index (χ2v) is 7.78. The van der Waals surface area contributed by atoms with Crippen LogP contribution >= 0.6 is 11.6 Å². The second kappa shape index (κ2) is 9.75. The summed E-state index contributed by atoms with van der Waals surface area (Å²) in [5, 5.41) is 19.0. The van der Waals surface area contributed by atoms with Crippen molar-refractivity contribution in [1.82, 2.24) is 0 Å². The maximum atomic E-state index is 12.8. The van der Waals surface area contributed by atoms with Crippen molar-refractivity contribution in [2.45, 2.75) is 13.0 Å². The summed E-state index contributed by atoms with van der Waals surface area (Å²) in [6.07, 6.45) is 1.56. The lowest BCUT2D eigenvalue weighted by Crippen LogP contribution is -2.15. The monoisotopic (exact) mass is 466 g/mol. The summed E-state index contributed by atoms with van der Waals surface area (Å²) < 4.78 is 16.3. The molecule has 1 heterocycles. The molecule has 0 unspecified atom stereocenters. The first-order valence-corrected chi connectivity index (χ1v) is 10.6. The molecule has 0 saturated heterocycles. The van der Waals surface area contributed by atoms with Crippen LogP contribution in [0.15, 0.2) is 65.3 Å². The van der Waals surface area contributed by atoms with E-state index in [1.54, 1.807) is 49.8 Å². The fraction of sp³-hybridized carbons (Fsp3) is 0.160. The van der Waals surface area contributed by atoms with Gasteiger partial charge in [-0.05, 0) is 53.9 Å². The van der Waals surface area contributed by atoms with Gasteiger partial charge in [-0.2, -0.15) is 0 Å². The Morgan fingerprint density at radius 1 is 1.03 bits per heavy atom. The van der Waals surface area contributed by atoms with E-state index in [-0.39, 0.29) is 18.1 Å². The molecule has 0 radical (unpaired) electrons. The zero-order valence-electron chi connectivity index (χ0n) is 18.1. The van der Waals surface area contributed by atoms with Gasteiger partial charge in [-0.3, -0.25) is 4.79 Å². The van der Waals surface area contributed by atoms with Gasteiger partial charge in [0.15, 0.2) is 11.5 Å². The maximum absolute atomic E-state index is 12.8. The number of anilines is 2. The van der Waals surface area contributed by atoms with Crippen LogP contribution in [0.5, 0.6) is 17.2 Å². The van der Waals surface area contributed by atoms with E-state index in [9.17, 15) is 9.90 Å². The van der Waals surface area contributed by atoms with Crippen molar-refractivity contribution in [3.05, 3.63) is 77.2 Å². The van der Waals surface area contributed by atoms with Crippen molar-refractivity contribution in [3.63, 3.8) is 0 Å². The number of methoxy groups -OCH3 is 2. The minimum Gasteiger partial charge on any atom is -0.508 e. The third kappa shape index (κ3) is 4.99. The van der Waals surface area contributed by atoms with E-state index < -0.39 is 0 Å². The van der Waals surface area contributed by atoms with Gasteiger partial charge in [0.2, 0.25) is 5.91 Å². The van der Waals surface area contributed by atoms with E-state index in [4.69, 9.17) is 25.5 Å². The van der Waals surface area contributed by atoms with Crippen molar-refractivity contribution >= 4 is 39.7 Å². The summed E-state index contributed by atoms with van der Waals surface area (Å²) in [6.45, 7) is 0.423. The number of benzene rings is 3. The predicted molar refractivity (Wildman–Crippen MR) is 129 cm³/mol. The molecular weight excluding hydrogens is 444 g/mol. The number of hydrogen-bond donors (Lipinski definition) is 3. The van der Waals surface area contributed by atoms with Crippen LogP contribution in [0.2, 0.25) is 5.02 Å². The van der Waals surface area contributed by atoms with Crippen LogP contribution in [0.1, 0.15) is 11.3 Å². The van der Waals surface area contributed by atoms with Crippen molar-refractivity contribution in [3.8, 4) is 17.2 Å². The normalized spacial score (nSPS) is 10.8. The van der Waals surface area contributed by atoms with Crippen molar-refractivity contribution in [2.24, 2.45) is 0 Å². The number of hydrogen-bond acceptors (Lipinski definition) is 6. The van der Waals surface area contributed by atoms with Gasteiger partial charge in [0.05, 0.1) is 33.4 Å². The molecule has 170 valence electrons. The predicted octanol–water partition coefficient (Wildman–Crippen LogP) is 5.60. The van der Waals surface area contributed by atoms with Crippen molar-refractivity contribution in [2.75, 3.05) is 24.9 Å². The van der Waals surface area contributed by atoms with Gasteiger partial charge < -0.3 is 29.6 Å². The standard InChI is InChI=1S/C25H23ClN2O5/c1-31-23-10-18-19(11-24(23)32-2)21(27-14-17-4-3-9-33-17)13-22(29)20(18)12-25(30)28-16-7-5-15(26)6-8-16/h3-11,13,27,29H,12,14H2,1-2H3,(H,28,30). The van der Waals surface area contributed by atoms with E-state index in [0.717, 1.165) is 11.1 Å². The summed E-state index contributed by atoms with van der Waals surface area (Å²) in [4.78, 5) is 12.8. The van der Waals surface area contributed by atoms with Gasteiger partial charge in [0.25, 0.3) is 0 Å². The third-order valence-corrected chi connectivity index (χ3v) is 5.48. The van der Waals surface area contributed by atoms with Gasteiger partial charge in [-0.15, -0.1) is 0 Å². The van der Waals surface area contributed by atoms with Crippen LogP contribution in [0.25, 0.3) is 10.8 Å². The Balaban J connectivity index is 1.71. The topological polar surface area (TPSA) is 93.0 Å². The van der Waals surface area contributed by atoms with Gasteiger partial charge in [-0.25, -0.2) is 0 Å². The Morgan fingerprint density at radius 2 is 1.73 bits per heavy atom. The lowest BCUT2D eigenvalue weighted by atomic mass is 9.98. The van der Waals surface area contributed by atoms with Gasteiger partial charge in [0.1, 0.15) is 11.5 Å². The molecule has 0 aliphatic heterocycles. The first kappa shape index (κ1) is 22.4. The molecule has 0 aliphatic carbocycles. The third-order valence-electron chi connectivity index (χ3n) is 5.23. The SMILES string of the molecule is COc1cc2c(NCc3ccco3)cc(O)c(CC(=O)Nc3ccc(Cl)cc3)c2cc1OC. The molecule has 1 amide bonds. The minimum atomic E-state index is -0.278. The number of aromatic hydroxyl groups is 1. The van der Waals surface area contributed by atoms with Crippen molar-refractivity contribution in [1.29, 1.82) is 0 Å². The Bertz CT molecular complexity index is 1270. The summed E-state index contributed by atoms with van der Waals surface area (Å²) >= 11 is 5.91. The highest BCUT2D eigenvalue weighted by molar-refractivity contribution is 6.30. The molecule has 1 aromatic heterocycles. The van der Waals surface area contributed by atoms with Crippen LogP contribution in [-0.4, -0.2) is 25.2 Å². The fourth-order valence-corrected chi connectivity index (χ4v) is 3.74. The molecule has 0 aliphatic rings. The zero-order valence-corrected chi connectivity index (χ0v) is 18.9. The largest absolute Gasteiger partial charge is 0.508 e. The number of fused-ring (bicyclic) bond motifs is 1. The van der Waals surface area contributed by atoms with Crippen LogP contribution in [0.4, 0.5) is 11.4 Å². The van der Waals surface area contributed by atoms with Gasteiger partial charge in [-0.1, -0.05) is 11.6 Å². The quantitative estimate of drug-likeness (QED) is 0.313. The van der Waals surface area contributed by atoms with Gasteiger partial charge in [0, 0.05) is 33.4 Å². The number of carbonyl (C=O) groups is 1. The lowest BCUT2D eigenvalue weighted by molar-refractivity contribution is -0.115. The Hall–Kier alpha value is -3.84. The van der Waals surface area contributed by atoms with E-state index >= 15 is 0 Å². The highest BCUT2D eigenvalue weighted by Crippen LogP contribution is 2.41. The number of phenolic OH excluding ortho intramolecular Hbond substituents is 1. The Labute approximate surface area is 195 Å². The van der Waals surface area contributed by atoms with E-state index in [2.05, 4.69) is 10.6 Å². The van der Waals surface area contributed by atoms with E-state index in [1.807, 2.05) is 18.2 Å². The van der Waals surface area contributed by atoms with Crippen LogP contribution in [0, 0.1) is 0 Å². The Kier molecular flexibility index (Phi) is 6.60. The van der Waals surface area contributed by atoms with Gasteiger partial charge >= 0.3 is 0 Å². The van der Waals surface area contributed by atoms with E-state index in [0.29, 0.717) is 45.4 Å². The molecule has 33 heavy (non-hydrogen) atoms. The molecule has 0 bridgehead atoms. The molecule has 0 atom stereocenters. The number of rotatable bonds is 8. The molecule has 4 rings (SSSR count). The molecule has 0 fully saturated rings. The summed E-state index contributed by atoms with van der Waals surface area (Å²) in [7, 11) is 3.09. The molecule has 7 nitrogen and oxygen atoms in total. The second-order valence-electron chi connectivity index (χ2n) is 7.34.